The van der Waals surface area contributed by atoms with E-state index in [4.69, 9.17) is 4.98 Å². The molecular formula is C50H30N2S. The molecule has 1 spiro atoms. The summed E-state index contributed by atoms with van der Waals surface area (Å²) in [6.07, 6.45) is 0. The Labute approximate surface area is 311 Å². The zero-order valence-corrected chi connectivity index (χ0v) is 29.4. The van der Waals surface area contributed by atoms with Gasteiger partial charge in [-0.2, -0.15) is 0 Å². The molecule has 0 saturated heterocycles. The number of fused-ring (bicyclic) bond motifs is 13. The van der Waals surface area contributed by atoms with Crippen LogP contribution in [0.1, 0.15) is 22.3 Å². The fourth-order valence-electron chi connectivity index (χ4n) is 9.59. The van der Waals surface area contributed by atoms with Gasteiger partial charge in [-0.3, -0.25) is 0 Å². The van der Waals surface area contributed by atoms with Crippen molar-refractivity contribution in [3.05, 3.63) is 204 Å². The monoisotopic (exact) mass is 690 g/mol. The number of benzene rings is 8. The van der Waals surface area contributed by atoms with Crippen LogP contribution in [0.2, 0.25) is 0 Å². The molecule has 12 rings (SSSR count). The van der Waals surface area contributed by atoms with Crippen LogP contribution in [0.4, 0.5) is 17.1 Å². The van der Waals surface area contributed by atoms with Crippen molar-refractivity contribution in [1.82, 2.24) is 4.98 Å². The van der Waals surface area contributed by atoms with E-state index in [2.05, 4.69) is 187 Å². The quantitative estimate of drug-likeness (QED) is 0.183. The zero-order valence-electron chi connectivity index (χ0n) is 28.6. The molecule has 9 aromatic rings. The van der Waals surface area contributed by atoms with Crippen LogP contribution in [0.15, 0.2) is 182 Å². The Morgan fingerprint density at radius 3 is 1.68 bits per heavy atom. The van der Waals surface area contributed by atoms with Crippen molar-refractivity contribution in [3.63, 3.8) is 0 Å². The van der Waals surface area contributed by atoms with Crippen LogP contribution < -0.4 is 4.90 Å². The molecule has 3 aliphatic carbocycles. The largest absolute Gasteiger partial charge is 0.310 e. The minimum atomic E-state index is -0.407. The molecule has 0 fully saturated rings. The second-order valence-corrected chi connectivity index (χ2v) is 15.2. The predicted molar refractivity (Wildman–Crippen MR) is 220 cm³/mol. The summed E-state index contributed by atoms with van der Waals surface area (Å²) in [6, 6.07) is 67.0. The Hall–Kier alpha value is -6.55. The lowest BCUT2D eigenvalue weighted by atomic mass is 9.70. The maximum atomic E-state index is 5.23. The lowest BCUT2D eigenvalue weighted by Gasteiger charge is -2.32. The second kappa shape index (κ2) is 10.7. The molecule has 0 bridgehead atoms. The van der Waals surface area contributed by atoms with E-state index in [9.17, 15) is 0 Å². The number of anilines is 3. The Kier molecular flexibility index (Phi) is 5.89. The molecule has 0 atom stereocenters. The Morgan fingerprint density at radius 2 is 1.00 bits per heavy atom. The third kappa shape index (κ3) is 3.79. The highest BCUT2D eigenvalue weighted by molar-refractivity contribution is 7.19. The summed E-state index contributed by atoms with van der Waals surface area (Å²) < 4.78 is 0. The van der Waals surface area contributed by atoms with Crippen LogP contribution in [0.5, 0.6) is 0 Å². The van der Waals surface area contributed by atoms with Gasteiger partial charge in [-0.15, -0.1) is 11.3 Å². The molecule has 1 heterocycles. The first-order valence-electron chi connectivity index (χ1n) is 18.2. The van der Waals surface area contributed by atoms with E-state index in [0.717, 1.165) is 33.3 Å². The number of hydrogen-bond acceptors (Lipinski definition) is 3. The molecule has 246 valence electrons. The van der Waals surface area contributed by atoms with Gasteiger partial charge in [-0.25, -0.2) is 4.98 Å². The summed E-state index contributed by atoms with van der Waals surface area (Å²) in [4.78, 5) is 8.95. The molecule has 0 amide bonds. The molecule has 2 nitrogen and oxygen atoms in total. The number of rotatable bonds is 4. The van der Waals surface area contributed by atoms with Gasteiger partial charge < -0.3 is 4.90 Å². The molecule has 8 aromatic carbocycles. The van der Waals surface area contributed by atoms with E-state index in [-0.39, 0.29) is 0 Å². The second-order valence-electron chi connectivity index (χ2n) is 14.2. The van der Waals surface area contributed by atoms with E-state index < -0.39 is 5.41 Å². The topological polar surface area (TPSA) is 16.1 Å². The first-order valence-corrected chi connectivity index (χ1v) is 19.0. The summed E-state index contributed by atoms with van der Waals surface area (Å²) in [5.41, 5.74) is 18.4. The normalized spacial score (nSPS) is 13.4. The lowest BCUT2D eigenvalue weighted by molar-refractivity contribution is 0.793. The predicted octanol–water partition coefficient (Wildman–Crippen LogP) is 13.4. The molecular weight excluding hydrogens is 661 g/mol. The fourth-order valence-corrected chi connectivity index (χ4v) is 10.7. The average Bonchev–Trinajstić information content (AvgIpc) is 3.96. The number of nitrogens with zero attached hydrogens (tertiary/aromatic N) is 2. The van der Waals surface area contributed by atoms with Crippen LogP contribution in [0, 0.1) is 0 Å². The third-order valence-corrected chi connectivity index (χ3v) is 12.8. The van der Waals surface area contributed by atoms with Gasteiger partial charge in [0.15, 0.2) is 0 Å². The molecule has 3 aliphatic rings. The summed E-state index contributed by atoms with van der Waals surface area (Å²) in [5.74, 6) is 0. The third-order valence-electron chi connectivity index (χ3n) is 11.7. The molecule has 0 saturated carbocycles. The maximum Gasteiger partial charge on any atom is 0.124 e. The van der Waals surface area contributed by atoms with Gasteiger partial charge in [0.25, 0.3) is 0 Å². The maximum absolute atomic E-state index is 5.23. The summed E-state index contributed by atoms with van der Waals surface area (Å²) in [5, 5.41) is 3.57. The lowest BCUT2D eigenvalue weighted by Crippen LogP contribution is -2.26. The summed E-state index contributed by atoms with van der Waals surface area (Å²) in [6.45, 7) is 0. The molecule has 0 radical (unpaired) electrons. The highest BCUT2D eigenvalue weighted by Crippen LogP contribution is 2.63. The van der Waals surface area contributed by atoms with Crippen LogP contribution in [-0.4, -0.2) is 4.98 Å². The van der Waals surface area contributed by atoms with Crippen molar-refractivity contribution < 1.29 is 0 Å². The van der Waals surface area contributed by atoms with Crippen LogP contribution in [-0.2, 0) is 5.41 Å². The zero-order chi connectivity index (χ0) is 34.7. The van der Waals surface area contributed by atoms with E-state index in [0.29, 0.717) is 0 Å². The number of hydrogen-bond donors (Lipinski definition) is 0. The Bertz CT molecular complexity index is 2870. The van der Waals surface area contributed by atoms with Crippen molar-refractivity contribution in [3.8, 4) is 54.5 Å². The van der Waals surface area contributed by atoms with Gasteiger partial charge in [0.2, 0.25) is 0 Å². The number of thiazole rings is 1. The van der Waals surface area contributed by atoms with E-state index in [1.54, 1.807) is 11.3 Å². The SMILES string of the molecule is c1ccc(-c2nc3c(s2)-c2ccc(N(c4ccccc4)c4ccc5c(c4)C4(c6ccccc6-c6ccccc64)c4ccccc4-5)c4cccc-3c24)cc1. The first-order chi connectivity index (χ1) is 26.3. The van der Waals surface area contributed by atoms with Crippen LogP contribution in [0.25, 0.3) is 65.3 Å². The summed E-state index contributed by atoms with van der Waals surface area (Å²) >= 11 is 1.79. The highest BCUT2D eigenvalue weighted by Gasteiger charge is 2.51. The number of para-hydroxylation sites is 1. The molecule has 0 N–H and O–H groups in total. The van der Waals surface area contributed by atoms with Crippen molar-refractivity contribution in [2.24, 2.45) is 0 Å². The van der Waals surface area contributed by atoms with Gasteiger partial charge in [0.1, 0.15) is 5.01 Å². The summed E-state index contributed by atoms with van der Waals surface area (Å²) in [7, 11) is 0. The highest BCUT2D eigenvalue weighted by atomic mass is 32.1. The van der Waals surface area contributed by atoms with E-state index in [1.807, 2.05) is 0 Å². The standard InChI is InChI=1S/C50H30N2S/c1-3-14-31(15-4-1)49-51-47-39-22-13-21-38-45(29-28-40(46(38)39)48(47)53-49)52(32-16-5-2-6-17-32)33-26-27-37-36-20-9-12-25-43(36)50(44(37)30-33)41-23-10-7-18-34(41)35-19-8-11-24-42(35)50/h1-30H. The van der Waals surface area contributed by atoms with Crippen molar-refractivity contribution in [1.29, 1.82) is 0 Å². The molecule has 53 heavy (non-hydrogen) atoms. The van der Waals surface area contributed by atoms with Crippen molar-refractivity contribution in [2.45, 2.75) is 5.41 Å². The molecule has 0 unspecified atom stereocenters. The van der Waals surface area contributed by atoms with Gasteiger partial charge >= 0.3 is 0 Å². The van der Waals surface area contributed by atoms with Crippen LogP contribution in [0.3, 0.4) is 0 Å². The molecule has 0 aliphatic heterocycles. The average molecular weight is 691 g/mol. The molecule has 1 aromatic heterocycles. The van der Waals surface area contributed by atoms with Gasteiger partial charge in [-0.05, 0) is 74.8 Å². The smallest absolute Gasteiger partial charge is 0.124 e. The van der Waals surface area contributed by atoms with Crippen molar-refractivity contribution >= 4 is 39.2 Å². The van der Waals surface area contributed by atoms with Crippen molar-refractivity contribution in [2.75, 3.05) is 4.90 Å². The number of aromatic nitrogens is 1. The van der Waals surface area contributed by atoms with E-state index in [1.165, 1.54) is 71.3 Å². The molecule has 3 heteroatoms. The van der Waals surface area contributed by atoms with Gasteiger partial charge in [0, 0.05) is 38.8 Å². The minimum absolute atomic E-state index is 0.407. The van der Waals surface area contributed by atoms with Gasteiger partial charge in [-0.1, -0.05) is 152 Å². The Morgan fingerprint density at radius 1 is 0.434 bits per heavy atom. The first kappa shape index (κ1) is 29.1. The Balaban J connectivity index is 1.09. The van der Waals surface area contributed by atoms with Gasteiger partial charge in [0.05, 0.1) is 21.7 Å². The van der Waals surface area contributed by atoms with E-state index >= 15 is 0 Å². The fraction of sp³-hybridized carbons (Fsp3) is 0.0200. The van der Waals surface area contributed by atoms with Crippen LogP contribution >= 0.6 is 11.3 Å². The minimum Gasteiger partial charge on any atom is -0.310 e.